The molecule has 0 spiro atoms. The molecule has 0 atom stereocenters. The molecule has 2 N–H and O–H groups in total. The largest absolute Gasteiger partial charge is 0.454 e. The van der Waals surface area contributed by atoms with Crippen molar-refractivity contribution < 1.29 is 9.53 Å². The van der Waals surface area contributed by atoms with Crippen LogP contribution < -0.4 is 5.73 Å². The molecule has 21 heavy (non-hydrogen) atoms. The Bertz CT molecular complexity index is 660. The second-order valence-corrected chi connectivity index (χ2v) is 5.48. The Kier molecular flexibility index (Phi) is 4.72. The lowest BCUT2D eigenvalue weighted by Crippen LogP contribution is -2.13. The number of carbonyl (C=O) groups is 1. The smallest absolute Gasteiger partial charge is 0.355 e. The SMILES string of the molecule is CCn1cc(N)cc1C(=O)OCc1c(Br)c(C)nn1CC. The van der Waals surface area contributed by atoms with E-state index in [-0.39, 0.29) is 12.6 Å². The monoisotopic (exact) mass is 354 g/mol. The normalized spacial score (nSPS) is 10.9. The number of hydrogen-bond donors (Lipinski definition) is 1. The lowest BCUT2D eigenvalue weighted by molar-refractivity contribution is 0.0449. The van der Waals surface area contributed by atoms with Gasteiger partial charge in [-0.25, -0.2) is 4.79 Å². The fourth-order valence-corrected chi connectivity index (χ4v) is 2.58. The first-order valence-corrected chi connectivity index (χ1v) is 7.61. The minimum Gasteiger partial charge on any atom is -0.454 e. The Morgan fingerprint density at radius 2 is 2.14 bits per heavy atom. The lowest BCUT2D eigenvalue weighted by Gasteiger charge is -2.08. The molecule has 0 aliphatic carbocycles. The van der Waals surface area contributed by atoms with Crippen LogP contribution in [0.25, 0.3) is 0 Å². The summed E-state index contributed by atoms with van der Waals surface area (Å²) in [5.41, 5.74) is 8.47. The molecule has 7 heteroatoms. The number of nitrogens with zero attached hydrogens (tertiary/aromatic N) is 3. The maximum absolute atomic E-state index is 12.2. The number of esters is 1. The van der Waals surface area contributed by atoms with Crippen molar-refractivity contribution in [1.29, 1.82) is 0 Å². The summed E-state index contributed by atoms with van der Waals surface area (Å²) >= 11 is 3.48. The van der Waals surface area contributed by atoms with E-state index in [9.17, 15) is 4.79 Å². The van der Waals surface area contributed by atoms with Crippen LogP contribution in [0.1, 0.15) is 35.7 Å². The van der Waals surface area contributed by atoms with E-state index in [1.165, 1.54) is 0 Å². The zero-order valence-electron chi connectivity index (χ0n) is 12.4. The Morgan fingerprint density at radius 1 is 1.43 bits per heavy atom. The van der Waals surface area contributed by atoms with Gasteiger partial charge in [-0.15, -0.1) is 0 Å². The standard InChI is InChI=1S/C14H19BrN4O2/c1-4-18-7-10(16)6-11(18)14(20)21-8-12-13(15)9(3)17-19(12)5-2/h6-7H,4-5,8,16H2,1-3H3. The summed E-state index contributed by atoms with van der Waals surface area (Å²) in [6, 6.07) is 1.63. The Morgan fingerprint density at radius 3 is 2.76 bits per heavy atom. The van der Waals surface area contributed by atoms with Crippen LogP contribution in [0.5, 0.6) is 0 Å². The third-order valence-electron chi connectivity index (χ3n) is 3.26. The van der Waals surface area contributed by atoms with Crippen LogP contribution in [-0.4, -0.2) is 20.3 Å². The van der Waals surface area contributed by atoms with Crippen LogP contribution in [0.2, 0.25) is 0 Å². The van der Waals surface area contributed by atoms with E-state index in [0.29, 0.717) is 17.9 Å². The summed E-state index contributed by atoms with van der Waals surface area (Å²) < 4.78 is 9.87. The second-order valence-electron chi connectivity index (χ2n) is 4.68. The molecule has 0 aliphatic rings. The fourth-order valence-electron chi connectivity index (χ4n) is 2.18. The highest BCUT2D eigenvalue weighted by Gasteiger charge is 2.17. The molecule has 0 saturated heterocycles. The molecule has 2 aromatic rings. The molecule has 0 saturated carbocycles. The van der Waals surface area contributed by atoms with Crippen LogP contribution >= 0.6 is 15.9 Å². The van der Waals surface area contributed by atoms with E-state index in [0.717, 1.165) is 22.4 Å². The van der Waals surface area contributed by atoms with Gasteiger partial charge in [0.05, 0.1) is 21.5 Å². The van der Waals surface area contributed by atoms with Crippen molar-refractivity contribution in [3.05, 3.63) is 33.8 Å². The molecule has 0 aromatic carbocycles. The number of rotatable bonds is 5. The number of ether oxygens (including phenoxy) is 1. The minimum atomic E-state index is -0.387. The highest BCUT2D eigenvalue weighted by molar-refractivity contribution is 9.10. The zero-order valence-corrected chi connectivity index (χ0v) is 14.0. The van der Waals surface area contributed by atoms with Crippen LogP contribution in [0.4, 0.5) is 5.69 Å². The van der Waals surface area contributed by atoms with Gasteiger partial charge in [0.2, 0.25) is 0 Å². The van der Waals surface area contributed by atoms with Gasteiger partial charge in [-0.1, -0.05) is 0 Å². The summed E-state index contributed by atoms with van der Waals surface area (Å²) in [5, 5.41) is 4.37. The van der Waals surface area contributed by atoms with Gasteiger partial charge in [-0.3, -0.25) is 4.68 Å². The van der Waals surface area contributed by atoms with E-state index >= 15 is 0 Å². The maximum Gasteiger partial charge on any atom is 0.355 e. The minimum absolute atomic E-state index is 0.170. The predicted octanol–water partition coefficient (Wildman–Crippen LogP) is 2.73. The van der Waals surface area contributed by atoms with Crippen molar-refractivity contribution in [1.82, 2.24) is 14.3 Å². The number of nitrogen functional groups attached to an aromatic ring is 1. The molecule has 0 fully saturated rings. The number of aromatic nitrogens is 3. The van der Waals surface area contributed by atoms with Gasteiger partial charge in [0.25, 0.3) is 0 Å². The van der Waals surface area contributed by atoms with Gasteiger partial charge < -0.3 is 15.0 Å². The van der Waals surface area contributed by atoms with Crippen molar-refractivity contribution >= 4 is 27.6 Å². The quantitative estimate of drug-likeness (QED) is 0.837. The Balaban J connectivity index is 2.14. The van der Waals surface area contributed by atoms with Crippen molar-refractivity contribution in [3.63, 3.8) is 0 Å². The van der Waals surface area contributed by atoms with Crippen LogP contribution in [0.15, 0.2) is 16.7 Å². The first kappa shape index (κ1) is 15.6. The van der Waals surface area contributed by atoms with Crippen molar-refractivity contribution in [2.24, 2.45) is 0 Å². The van der Waals surface area contributed by atoms with E-state index in [1.54, 1.807) is 16.8 Å². The Hall–Kier alpha value is -1.76. The predicted molar refractivity (Wildman–Crippen MR) is 84.0 cm³/mol. The molecule has 0 amide bonds. The number of carbonyl (C=O) groups excluding carboxylic acids is 1. The van der Waals surface area contributed by atoms with Gasteiger partial charge in [0.1, 0.15) is 12.3 Å². The number of aryl methyl sites for hydroxylation is 3. The third-order valence-corrected chi connectivity index (χ3v) is 4.29. The molecule has 0 unspecified atom stereocenters. The number of nitrogens with two attached hydrogens (primary N) is 1. The van der Waals surface area contributed by atoms with Crippen molar-refractivity contribution in [2.75, 3.05) is 5.73 Å². The summed E-state index contributed by atoms with van der Waals surface area (Å²) in [6.45, 7) is 7.40. The summed E-state index contributed by atoms with van der Waals surface area (Å²) in [4.78, 5) is 12.2. The summed E-state index contributed by atoms with van der Waals surface area (Å²) in [7, 11) is 0. The van der Waals surface area contributed by atoms with E-state index in [4.69, 9.17) is 10.5 Å². The highest BCUT2D eigenvalue weighted by Crippen LogP contribution is 2.22. The maximum atomic E-state index is 12.2. The van der Waals surface area contributed by atoms with E-state index in [1.807, 2.05) is 25.5 Å². The van der Waals surface area contributed by atoms with E-state index in [2.05, 4.69) is 21.0 Å². The second kappa shape index (κ2) is 6.34. The fraction of sp³-hybridized carbons (Fsp3) is 0.429. The third kappa shape index (κ3) is 3.12. The molecule has 2 aromatic heterocycles. The van der Waals surface area contributed by atoms with Gasteiger partial charge in [0, 0.05) is 19.3 Å². The number of hydrogen-bond acceptors (Lipinski definition) is 4. The molecule has 6 nitrogen and oxygen atoms in total. The Labute approximate surface area is 132 Å². The number of halogens is 1. The van der Waals surface area contributed by atoms with E-state index < -0.39 is 0 Å². The lowest BCUT2D eigenvalue weighted by atomic mass is 10.3. The molecular formula is C14H19BrN4O2. The molecule has 0 bridgehead atoms. The first-order valence-electron chi connectivity index (χ1n) is 6.82. The van der Waals surface area contributed by atoms with Gasteiger partial charge in [0.15, 0.2) is 0 Å². The van der Waals surface area contributed by atoms with Crippen LogP contribution in [-0.2, 0) is 24.4 Å². The first-order chi connectivity index (χ1) is 9.97. The van der Waals surface area contributed by atoms with Crippen molar-refractivity contribution in [2.45, 2.75) is 40.5 Å². The summed E-state index contributed by atoms with van der Waals surface area (Å²) in [5.74, 6) is -0.387. The van der Waals surface area contributed by atoms with Crippen LogP contribution in [0, 0.1) is 6.92 Å². The molecule has 0 aliphatic heterocycles. The molecular weight excluding hydrogens is 336 g/mol. The number of anilines is 1. The molecule has 0 radical (unpaired) electrons. The topological polar surface area (TPSA) is 75.1 Å². The average Bonchev–Trinajstić information content (AvgIpc) is 2.97. The van der Waals surface area contributed by atoms with Gasteiger partial charge >= 0.3 is 5.97 Å². The highest BCUT2D eigenvalue weighted by atomic mass is 79.9. The molecule has 114 valence electrons. The zero-order chi connectivity index (χ0) is 15.6. The molecule has 2 heterocycles. The summed E-state index contributed by atoms with van der Waals surface area (Å²) in [6.07, 6.45) is 1.73. The van der Waals surface area contributed by atoms with Gasteiger partial charge in [-0.2, -0.15) is 5.10 Å². The molecule has 2 rings (SSSR count). The average molecular weight is 355 g/mol. The van der Waals surface area contributed by atoms with Crippen LogP contribution in [0.3, 0.4) is 0 Å². The van der Waals surface area contributed by atoms with Gasteiger partial charge in [-0.05, 0) is 42.8 Å². The van der Waals surface area contributed by atoms with Crippen molar-refractivity contribution in [3.8, 4) is 0 Å².